The summed E-state index contributed by atoms with van der Waals surface area (Å²) in [6, 6.07) is 16.6. The quantitative estimate of drug-likeness (QED) is 0.455. The van der Waals surface area contributed by atoms with Crippen LogP contribution in [-0.4, -0.2) is 68.8 Å². The Bertz CT molecular complexity index is 1180. The maximum Gasteiger partial charge on any atom is 0.204 e. The van der Waals surface area contributed by atoms with Crippen molar-refractivity contribution in [2.75, 3.05) is 73.0 Å². The number of nitrogens with two attached hydrogens (primary N) is 1. The topological polar surface area (TPSA) is 116 Å². The maximum absolute atomic E-state index is 6.95. The molecule has 1 unspecified atom stereocenters. The summed E-state index contributed by atoms with van der Waals surface area (Å²) >= 11 is 0. The van der Waals surface area contributed by atoms with Crippen molar-refractivity contribution < 1.29 is 9.47 Å². The summed E-state index contributed by atoms with van der Waals surface area (Å²) in [6.07, 6.45) is 1.73. The number of fused-ring (bicyclic) bond motifs is 1. The van der Waals surface area contributed by atoms with Crippen LogP contribution in [0.15, 0.2) is 59.7 Å². The molecule has 6 rings (SSSR count). The van der Waals surface area contributed by atoms with E-state index in [1.165, 1.54) is 5.69 Å². The lowest BCUT2D eigenvalue weighted by molar-refractivity contribution is 0.122. The van der Waals surface area contributed by atoms with Gasteiger partial charge in [0.05, 0.1) is 38.2 Å². The summed E-state index contributed by atoms with van der Waals surface area (Å²) in [5, 5.41) is 13.9. The van der Waals surface area contributed by atoms with Crippen LogP contribution < -0.4 is 26.2 Å². The number of aromatic nitrogens is 2. The third kappa shape index (κ3) is 4.31. The van der Waals surface area contributed by atoms with Crippen molar-refractivity contribution in [1.29, 1.82) is 0 Å². The molecule has 0 amide bonds. The molecule has 35 heavy (non-hydrogen) atoms. The number of guanidine groups is 1. The first-order valence-electron chi connectivity index (χ1n) is 12.0. The average molecular weight is 475 g/mol. The van der Waals surface area contributed by atoms with Crippen molar-refractivity contribution in [1.82, 2.24) is 10.2 Å². The molecule has 2 saturated heterocycles. The van der Waals surface area contributed by atoms with Gasteiger partial charge in [0.25, 0.3) is 0 Å². The van der Waals surface area contributed by atoms with Crippen LogP contribution in [0.4, 0.5) is 22.9 Å². The van der Waals surface area contributed by atoms with Gasteiger partial charge in [-0.2, -0.15) is 5.10 Å². The van der Waals surface area contributed by atoms with Gasteiger partial charge in [-0.1, -0.05) is 12.1 Å². The van der Waals surface area contributed by atoms with Gasteiger partial charge in [0.1, 0.15) is 5.82 Å². The zero-order valence-electron chi connectivity index (χ0n) is 19.5. The lowest BCUT2D eigenvalue weighted by Crippen LogP contribution is -2.43. The fraction of sp³-hybridized carbons (Fsp3) is 0.360. The Morgan fingerprint density at radius 1 is 0.829 bits per heavy atom. The molecule has 0 aliphatic carbocycles. The molecule has 3 aliphatic rings. The van der Waals surface area contributed by atoms with Crippen molar-refractivity contribution in [3.05, 3.63) is 65.9 Å². The van der Waals surface area contributed by atoms with E-state index in [-0.39, 0.29) is 0 Å². The zero-order chi connectivity index (χ0) is 23.7. The predicted octanol–water partition coefficient (Wildman–Crippen LogP) is 2.14. The van der Waals surface area contributed by atoms with Crippen LogP contribution in [0, 0.1) is 0 Å². The summed E-state index contributed by atoms with van der Waals surface area (Å²) in [6.45, 7) is 6.61. The molecule has 0 bridgehead atoms. The largest absolute Gasteiger partial charge is 0.378 e. The molecule has 4 heterocycles. The molecule has 1 aromatic heterocycles. The van der Waals surface area contributed by atoms with Gasteiger partial charge in [-0.05, 0) is 42.0 Å². The van der Waals surface area contributed by atoms with E-state index >= 15 is 0 Å². The van der Waals surface area contributed by atoms with Gasteiger partial charge in [-0.25, -0.2) is 4.99 Å². The molecule has 2 aromatic carbocycles. The minimum absolute atomic E-state index is 0.556. The van der Waals surface area contributed by atoms with Gasteiger partial charge in [0, 0.05) is 43.2 Å². The maximum atomic E-state index is 6.95. The minimum atomic E-state index is -1.08. The van der Waals surface area contributed by atoms with Crippen LogP contribution in [-0.2, 0) is 15.1 Å². The van der Waals surface area contributed by atoms with E-state index in [9.17, 15) is 0 Å². The standard InChI is InChI=1S/C25H30N8O2/c26-25(18-1-5-20(6-2-18)32-9-13-34-14-10-32)22-17-27-31-23(22)29-24(30-25)28-19-3-7-21(8-4-19)33-11-15-35-16-12-33/h1-8,17H,9-16,26H2,(H3,27,28,29,30,31). The first-order valence-corrected chi connectivity index (χ1v) is 12.0. The number of rotatable bonds is 4. The summed E-state index contributed by atoms with van der Waals surface area (Å²) in [5.74, 6) is 1.29. The van der Waals surface area contributed by atoms with Crippen LogP contribution >= 0.6 is 0 Å². The highest BCUT2D eigenvalue weighted by atomic mass is 16.5. The third-order valence-corrected chi connectivity index (χ3v) is 6.77. The Kier molecular flexibility index (Phi) is 5.77. The molecule has 182 valence electrons. The number of benzene rings is 2. The second-order valence-corrected chi connectivity index (χ2v) is 8.93. The van der Waals surface area contributed by atoms with Gasteiger partial charge in [0.2, 0.25) is 5.96 Å². The van der Waals surface area contributed by atoms with Crippen LogP contribution in [0.2, 0.25) is 0 Å². The Balaban J connectivity index is 1.24. The molecule has 3 aromatic rings. The number of hydrogen-bond acceptors (Lipinski definition) is 9. The van der Waals surface area contributed by atoms with Gasteiger partial charge < -0.3 is 29.9 Å². The Labute approximate surface area is 204 Å². The van der Waals surface area contributed by atoms with E-state index < -0.39 is 5.66 Å². The molecule has 10 nitrogen and oxygen atoms in total. The molecule has 2 fully saturated rings. The first-order chi connectivity index (χ1) is 17.2. The lowest BCUT2D eigenvalue weighted by atomic mass is 9.93. The van der Waals surface area contributed by atoms with Gasteiger partial charge in [-0.15, -0.1) is 0 Å². The Hall–Kier alpha value is -3.60. The van der Waals surface area contributed by atoms with Crippen molar-refractivity contribution in [2.24, 2.45) is 10.7 Å². The summed E-state index contributed by atoms with van der Waals surface area (Å²) in [7, 11) is 0. The molecule has 0 saturated carbocycles. The number of anilines is 4. The molecule has 0 spiro atoms. The Morgan fingerprint density at radius 3 is 2.00 bits per heavy atom. The number of H-pyrrole nitrogens is 1. The van der Waals surface area contributed by atoms with Crippen LogP contribution in [0.1, 0.15) is 11.1 Å². The number of morpholine rings is 2. The second-order valence-electron chi connectivity index (χ2n) is 8.93. The first kappa shape index (κ1) is 21.9. The predicted molar refractivity (Wildman–Crippen MR) is 137 cm³/mol. The minimum Gasteiger partial charge on any atom is -0.378 e. The van der Waals surface area contributed by atoms with Crippen molar-refractivity contribution in [3.63, 3.8) is 0 Å². The van der Waals surface area contributed by atoms with E-state index in [2.05, 4.69) is 54.9 Å². The fourth-order valence-corrected chi connectivity index (χ4v) is 4.79. The summed E-state index contributed by atoms with van der Waals surface area (Å²) < 4.78 is 10.9. The van der Waals surface area contributed by atoms with Gasteiger partial charge >= 0.3 is 0 Å². The highest BCUT2D eigenvalue weighted by molar-refractivity contribution is 6.05. The van der Waals surface area contributed by atoms with E-state index in [4.69, 9.17) is 20.2 Å². The lowest BCUT2D eigenvalue weighted by Gasteiger charge is -2.33. The Morgan fingerprint density at radius 2 is 1.40 bits per heavy atom. The van der Waals surface area contributed by atoms with Crippen molar-refractivity contribution >= 4 is 28.8 Å². The number of nitrogens with one attached hydrogen (secondary N) is 3. The third-order valence-electron chi connectivity index (χ3n) is 6.77. The molecule has 3 aliphatic heterocycles. The van der Waals surface area contributed by atoms with Crippen molar-refractivity contribution in [2.45, 2.75) is 5.66 Å². The second kappa shape index (κ2) is 9.21. The molecule has 5 N–H and O–H groups in total. The SMILES string of the molecule is NC1(c2ccc(N3CCOCC3)cc2)N=C(Nc2ccc(N3CCOCC3)cc2)Nc2[nH]ncc21. The van der Waals surface area contributed by atoms with E-state index in [0.29, 0.717) is 5.96 Å². The number of ether oxygens (including phenoxy) is 2. The van der Waals surface area contributed by atoms with Crippen LogP contribution in [0.25, 0.3) is 0 Å². The summed E-state index contributed by atoms with van der Waals surface area (Å²) in [4.78, 5) is 9.54. The van der Waals surface area contributed by atoms with Gasteiger partial charge in [-0.3, -0.25) is 10.8 Å². The molecule has 10 heteroatoms. The van der Waals surface area contributed by atoms with E-state index in [0.717, 1.165) is 80.9 Å². The molecular formula is C25H30N8O2. The van der Waals surface area contributed by atoms with Crippen molar-refractivity contribution in [3.8, 4) is 0 Å². The van der Waals surface area contributed by atoms with Crippen LogP contribution in [0.5, 0.6) is 0 Å². The van der Waals surface area contributed by atoms with E-state index in [1.54, 1.807) is 6.20 Å². The van der Waals surface area contributed by atoms with Gasteiger partial charge in [0.15, 0.2) is 5.66 Å². The highest BCUT2D eigenvalue weighted by Gasteiger charge is 2.37. The number of nitrogens with zero attached hydrogens (tertiary/aromatic N) is 4. The van der Waals surface area contributed by atoms with Crippen LogP contribution in [0.3, 0.4) is 0 Å². The van der Waals surface area contributed by atoms with E-state index in [1.807, 2.05) is 24.3 Å². The molecule has 1 atom stereocenters. The summed E-state index contributed by atoms with van der Waals surface area (Å²) in [5.41, 5.74) is 10.8. The molecule has 0 radical (unpaired) electrons. The number of aliphatic imine (C=N–C) groups is 1. The monoisotopic (exact) mass is 474 g/mol. The highest BCUT2D eigenvalue weighted by Crippen LogP contribution is 2.36. The normalized spacial score (nSPS) is 22.3. The average Bonchev–Trinajstić information content (AvgIpc) is 3.40. The smallest absolute Gasteiger partial charge is 0.204 e. The number of aromatic amines is 1. The fourth-order valence-electron chi connectivity index (χ4n) is 4.79. The number of hydrogen-bond donors (Lipinski definition) is 4. The molecular weight excluding hydrogens is 444 g/mol. The zero-order valence-corrected chi connectivity index (χ0v) is 19.5.